The second-order valence-electron chi connectivity index (χ2n) is 7.70. The van der Waals surface area contributed by atoms with Crippen molar-refractivity contribution in [3.8, 4) is 11.1 Å². The maximum atomic E-state index is 14.9. The SMILES string of the molecule is CC(=O)NC[C@H]1CN(c2ccc(-c3ccc(C(=O)N4CCOCC4)cc3)c(F)c2)C(=O)O1. The summed E-state index contributed by atoms with van der Waals surface area (Å²) in [6.45, 7) is 3.97. The maximum absolute atomic E-state index is 14.9. The summed E-state index contributed by atoms with van der Waals surface area (Å²) in [7, 11) is 0. The molecular formula is C23H24FN3O5. The van der Waals surface area contributed by atoms with Crippen LogP contribution in [0.25, 0.3) is 11.1 Å². The molecule has 2 saturated heterocycles. The van der Waals surface area contributed by atoms with Crippen molar-refractivity contribution in [2.75, 3.05) is 44.3 Å². The van der Waals surface area contributed by atoms with Gasteiger partial charge in [-0.2, -0.15) is 0 Å². The van der Waals surface area contributed by atoms with Gasteiger partial charge in [-0.25, -0.2) is 9.18 Å². The minimum absolute atomic E-state index is 0.0722. The molecule has 3 amide bonds. The average molecular weight is 441 g/mol. The van der Waals surface area contributed by atoms with E-state index in [1.807, 2.05) is 0 Å². The van der Waals surface area contributed by atoms with Crippen LogP contribution < -0.4 is 10.2 Å². The standard InChI is InChI=1S/C23H24FN3O5/c1-15(28)25-13-19-14-27(23(30)32-19)18-6-7-20(21(24)12-18)16-2-4-17(5-3-16)22(29)26-8-10-31-11-9-26/h2-7,12,19H,8-11,13-14H2,1H3,(H,25,28)/t19-/m0/s1. The highest BCUT2D eigenvalue weighted by Gasteiger charge is 2.32. The van der Waals surface area contributed by atoms with E-state index in [1.165, 1.54) is 17.9 Å². The Labute approximate surface area is 184 Å². The van der Waals surface area contributed by atoms with Crippen LogP contribution in [0.15, 0.2) is 42.5 Å². The Morgan fingerprint density at radius 2 is 1.84 bits per heavy atom. The number of carbonyl (C=O) groups excluding carboxylic acids is 3. The molecular weight excluding hydrogens is 417 g/mol. The molecule has 2 fully saturated rings. The van der Waals surface area contributed by atoms with E-state index in [4.69, 9.17) is 9.47 Å². The minimum atomic E-state index is -0.585. The van der Waals surface area contributed by atoms with Crippen molar-refractivity contribution in [3.63, 3.8) is 0 Å². The average Bonchev–Trinajstić information content (AvgIpc) is 3.18. The summed E-state index contributed by atoms with van der Waals surface area (Å²) in [6, 6.07) is 11.3. The number of cyclic esters (lactones) is 1. The van der Waals surface area contributed by atoms with Gasteiger partial charge in [0.15, 0.2) is 0 Å². The summed E-state index contributed by atoms with van der Waals surface area (Å²) >= 11 is 0. The Morgan fingerprint density at radius 3 is 2.50 bits per heavy atom. The minimum Gasteiger partial charge on any atom is -0.442 e. The normalized spacial score (nSPS) is 18.4. The van der Waals surface area contributed by atoms with E-state index in [9.17, 15) is 18.8 Å². The van der Waals surface area contributed by atoms with Crippen LogP contribution in [0.3, 0.4) is 0 Å². The van der Waals surface area contributed by atoms with Crippen molar-refractivity contribution in [1.82, 2.24) is 10.2 Å². The van der Waals surface area contributed by atoms with E-state index in [1.54, 1.807) is 41.3 Å². The highest BCUT2D eigenvalue weighted by atomic mass is 19.1. The molecule has 0 radical (unpaired) electrons. The summed E-state index contributed by atoms with van der Waals surface area (Å²) in [4.78, 5) is 38.8. The summed E-state index contributed by atoms with van der Waals surface area (Å²) in [6.07, 6.45) is -1.08. The number of halogens is 1. The zero-order valence-electron chi connectivity index (χ0n) is 17.7. The van der Waals surface area contributed by atoms with E-state index >= 15 is 0 Å². The number of hydrogen-bond acceptors (Lipinski definition) is 5. The Bertz CT molecular complexity index is 1020. The molecule has 9 heteroatoms. The van der Waals surface area contributed by atoms with Gasteiger partial charge in [0.25, 0.3) is 5.91 Å². The van der Waals surface area contributed by atoms with Crippen LogP contribution in [-0.4, -0.2) is 68.3 Å². The van der Waals surface area contributed by atoms with Gasteiger partial charge in [0.2, 0.25) is 5.91 Å². The van der Waals surface area contributed by atoms with Gasteiger partial charge in [-0.05, 0) is 35.9 Å². The van der Waals surface area contributed by atoms with E-state index in [-0.39, 0.29) is 24.9 Å². The van der Waals surface area contributed by atoms with Gasteiger partial charge in [0, 0.05) is 31.1 Å². The Balaban J connectivity index is 1.46. The Kier molecular flexibility index (Phi) is 6.36. The largest absolute Gasteiger partial charge is 0.442 e. The number of nitrogens with one attached hydrogen (secondary N) is 1. The number of nitrogens with zero attached hydrogens (tertiary/aromatic N) is 2. The molecule has 2 heterocycles. The van der Waals surface area contributed by atoms with Crippen LogP contribution in [0.5, 0.6) is 0 Å². The second-order valence-corrected chi connectivity index (χ2v) is 7.70. The fraction of sp³-hybridized carbons (Fsp3) is 0.348. The number of hydrogen-bond donors (Lipinski definition) is 1. The third-order valence-electron chi connectivity index (χ3n) is 5.46. The molecule has 2 aliphatic heterocycles. The van der Waals surface area contributed by atoms with Crippen molar-refractivity contribution in [1.29, 1.82) is 0 Å². The number of ether oxygens (including phenoxy) is 2. The van der Waals surface area contributed by atoms with Crippen LogP contribution >= 0.6 is 0 Å². The first-order valence-electron chi connectivity index (χ1n) is 10.4. The lowest BCUT2D eigenvalue weighted by Crippen LogP contribution is -2.40. The lowest BCUT2D eigenvalue weighted by molar-refractivity contribution is -0.119. The maximum Gasteiger partial charge on any atom is 0.414 e. The fourth-order valence-corrected chi connectivity index (χ4v) is 3.74. The summed E-state index contributed by atoms with van der Waals surface area (Å²) in [5.41, 5.74) is 1.90. The molecule has 1 atom stereocenters. The molecule has 2 aliphatic rings. The van der Waals surface area contributed by atoms with Crippen molar-refractivity contribution in [2.24, 2.45) is 0 Å². The predicted octanol–water partition coefficient (Wildman–Crippen LogP) is 2.43. The van der Waals surface area contributed by atoms with Crippen molar-refractivity contribution in [3.05, 3.63) is 53.8 Å². The van der Waals surface area contributed by atoms with Gasteiger partial charge < -0.3 is 19.7 Å². The van der Waals surface area contributed by atoms with E-state index in [0.717, 1.165) is 0 Å². The van der Waals surface area contributed by atoms with Gasteiger partial charge in [0.05, 0.1) is 32.0 Å². The highest BCUT2D eigenvalue weighted by molar-refractivity contribution is 5.95. The van der Waals surface area contributed by atoms with Crippen LogP contribution in [-0.2, 0) is 14.3 Å². The summed E-state index contributed by atoms with van der Waals surface area (Å²) in [5, 5.41) is 2.61. The zero-order valence-corrected chi connectivity index (χ0v) is 17.7. The number of amides is 3. The fourth-order valence-electron chi connectivity index (χ4n) is 3.74. The van der Waals surface area contributed by atoms with E-state index in [0.29, 0.717) is 48.7 Å². The van der Waals surface area contributed by atoms with E-state index in [2.05, 4.69) is 5.32 Å². The molecule has 32 heavy (non-hydrogen) atoms. The number of benzene rings is 2. The van der Waals surface area contributed by atoms with Crippen molar-refractivity contribution in [2.45, 2.75) is 13.0 Å². The highest BCUT2D eigenvalue weighted by Crippen LogP contribution is 2.29. The second kappa shape index (κ2) is 9.35. The molecule has 0 spiro atoms. The molecule has 8 nitrogen and oxygen atoms in total. The Morgan fingerprint density at radius 1 is 1.12 bits per heavy atom. The topological polar surface area (TPSA) is 88.2 Å². The van der Waals surface area contributed by atoms with Crippen molar-refractivity contribution < 1.29 is 28.2 Å². The predicted molar refractivity (Wildman–Crippen MR) is 115 cm³/mol. The summed E-state index contributed by atoms with van der Waals surface area (Å²) in [5.74, 6) is -0.780. The van der Waals surface area contributed by atoms with Crippen LogP contribution in [0.4, 0.5) is 14.9 Å². The molecule has 0 bridgehead atoms. The number of rotatable bonds is 5. The molecule has 1 N–H and O–H groups in total. The third-order valence-corrected chi connectivity index (χ3v) is 5.46. The van der Waals surface area contributed by atoms with Gasteiger partial charge in [-0.15, -0.1) is 0 Å². The zero-order chi connectivity index (χ0) is 22.7. The first-order valence-corrected chi connectivity index (χ1v) is 10.4. The third kappa shape index (κ3) is 4.72. The smallest absolute Gasteiger partial charge is 0.414 e. The van der Waals surface area contributed by atoms with Gasteiger partial charge >= 0.3 is 6.09 Å². The van der Waals surface area contributed by atoms with Crippen LogP contribution in [0, 0.1) is 5.82 Å². The van der Waals surface area contributed by atoms with Gasteiger partial charge in [-0.3, -0.25) is 14.5 Å². The van der Waals surface area contributed by atoms with Crippen LogP contribution in [0.2, 0.25) is 0 Å². The molecule has 2 aromatic carbocycles. The molecule has 2 aromatic rings. The quantitative estimate of drug-likeness (QED) is 0.770. The molecule has 4 rings (SSSR count). The monoisotopic (exact) mass is 441 g/mol. The lowest BCUT2D eigenvalue weighted by atomic mass is 10.0. The molecule has 0 aromatic heterocycles. The number of carbonyl (C=O) groups is 3. The molecule has 0 unspecified atom stereocenters. The van der Waals surface area contributed by atoms with Crippen molar-refractivity contribution >= 4 is 23.6 Å². The van der Waals surface area contributed by atoms with Gasteiger partial charge in [-0.1, -0.05) is 12.1 Å². The first kappa shape index (κ1) is 21.8. The van der Waals surface area contributed by atoms with E-state index < -0.39 is 18.0 Å². The number of morpholine rings is 1. The first-order chi connectivity index (χ1) is 15.4. The van der Waals surface area contributed by atoms with Crippen LogP contribution in [0.1, 0.15) is 17.3 Å². The van der Waals surface area contributed by atoms with Gasteiger partial charge in [0.1, 0.15) is 11.9 Å². The molecule has 168 valence electrons. The molecule has 0 aliphatic carbocycles. The lowest BCUT2D eigenvalue weighted by Gasteiger charge is -2.26. The number of anilines is 1. The summed E-state index contributed by atoms with van der Waals surface area (Å²) < 4.78 is 25.4. The Hall–Kier alpha value is -3.46. The molecule has 0 saturated carbocycles.